The van der Waals surface area contributed by atoms with Crippen LogP contribution < -0.4 is 0 Å². The topological polar surface area (TPSA) is 0 Å². The van der Waals surface area contributed by atoms with E-state index in [0.29, 0.717) is 0 Å². The van der Waals surface area contributed by atoms with Crippen molar-refractivity contribution in [2.24, 2.45) is 11.8 Å². The van der Waals surface area contributed by atoms with E-state index < -0.39 is 0 Å². The van der Waals surface area contributed by atoms with Crippen LogP contribution in [0.4, 0.5) is 0 Å². The summed E-state index contributed by atoms with van der Waals surface area (Å²) in [5, 5.41) is 0. The van der Waals surface area contributed by atoms with Crippen LogP contribution in [0.25, 0.3) is 0 Å². The Morgan fingerprint density at radius 1 is 1.31 bits per heavy atom. The quantitative estimate of drug-likeness (QED) is 0.565. The molecule has 2 fully saturated rings. The van der Waals surface area contributed by atoms with Gasteiger partial charge in [0.1, 0.15) is 0 Å². The lowest BCUT2D eigenvalue weighted by Crippen LogP contribution is -1.89. The first kappa shape index (κ1) is 12.0. The zero-order valence-electron chi connectivity index (χ0n) is 11.2. The molecule has 0 spiro atoms. The third-order valence-corrected chi connectivity index (χ3v) is 4.43. The lowest BCUT2D eigenvalue weighted by Gasteiger charge is -2.06. The molecule has 2 unspecified atom stereocenters. The fourth-order valence-corrected chi connectivity index (χ4v) is 3.11. The molecule has 2 atom stereocenters. The Labute approximate surface area is 101 Å². The van der Waals surface area contributed by atoms with E-state index in [1.807, 2.05) is 0 Å². The maximum absolute atomic E-state index is 2.54. The maximum atomic E-state index is 2.54. The van der Waals surface area contributed by atoms with Crippen molar-refractivity contribution in [1.82, 2.24) is 0 Å². The van der Waals surface area contributed by atoms with E-state index in [-0.39, 0.29) is 0 Å². The van der Waals surface area contributed by atoms with Crippen LogP contribution in [0, 0.1) is 11.8 Å². The van der Waals surface area contributed by atoms with Crippen LogP contribution in [-0.2, 0) is 0 Å². The second kappa shape index (κ2) is 5.21. The molecular weight excluding hydrogens is 192 g/mol. The van der Waals surface area contributed by atoms with E-state index in [2.05, 4.69) is 26.8 Å². The lowest BCUT2D eigenvalue weighted by atomic mass is 10.0. The van der Waals surface area contributed by atoms with Crippen LogP contribution in [0.2, 0.25) is 0 Å². The highest BCUT2D eigenvalue weighted by Gasteiger charge is 2.26. The molecule has 90 valence electrons. The van der Waals surface area contributed by atoms with Crippen molar-refractivity contribution in [3.63, 3.8) is 0 Å². The zero-order valence-corrected chi connectivity index (χ0v) is 11.2. The molecule has 0 radical (unpaired) electrons. The minimum atomic E-state index is 0.873. The summed E-state index contributed by atoms with van der Waals surface area (Å²) in [4.78, 5) is 0. The summed E-state index contributed by atoms with van der Waals surface area (Å²) in [7, 11) is 0. The summed E-state index contributed by atoms with van der Waals surface area (Å²) in [6.45, 7) is 7.07. The zero-order chi connectivity index (χ0) is 11.5. The average molecular weight is 218 g/mol. The standard InChI is InChI=1S/C16H26/c1-4-14(16-11-13(16)3)8-6-10-15-9-5-7-12(15)2/h10,12-13H,4-9,11H2,1-3H3. The van der Waals surface area contributed by atoms with Crippen molar-refractivity contribution in [3.05, 3.63) is 22.8 Å². The van der Waals surface area contributed by atoms with E-state index in [1.54, 1.807) is 16.7 Å². The van der Waals surface area contributed by atoms with E-state index in [9.17, 15) is 0 Å². The Balaban J connectivity index is 1.83. The molecule has 2 aliphatic carbocycles. The Morgan fingerprint density at radius 2 is 2.06 bits per heavy atom. The van der Waals surface area contributed by atoms with Crippen molar-refractivity contribution in [1.29, 1.82) is 0 Å². The van der Waals surface area contributed by atoms with Gasteiger partial charge >= 0.3 is 0 Å². The van der Waals surface area contributed by atoms with E-state index in [4.69, 9.17) is 0 Å². The van der Waals surface area contributed by atoms with Crippen LogP contribution in [0.5, 0.6) is 0 Å². The summed E-state index contributed by atoms with van der Waals surface area (Å²) < 4.78 is 0. The number of allylic oxidation sites excluding steroid dienone is 4. The third-order valence-electron chi connectivity index (χ3n) is 4.43. The summed E-state index contributed by atoms with van der Waals surface area (Å²) in [6, 6.07) is 0. The minimum absolute atomic E-state index is 0.873. The van der Waals surface area contributed by atoms with Gasteiger partial charge in [-0.2, -0.15) is 0 Å². The molecule has 16 heavy (non-hydrogen) atoms. The summed E-state index contributed by atoms with van der Waals surface area (Å²) in [6.07, 6.45) is 12.0. The van der Waals surface area contributed by atoms with Crippen LogP contribution in [0.1, 0.15) is 65.7 Å². The van der Waals surface area contributed by atoms with Crippen molar-refractivity contribution in [2.45, 2.75) is 65.7 Å². The van der Waals surface area contributed by atoms with E-state index in [0.717, 1.165) is 11.8 Å². The Kier molecular flexibility index (Phi) is 3.89. The first-order valence-corrected chi connectivity index (χ1v) is 7.12. The van der Waals surface area contributed by atoms with Gasteiger partial charge in [-0.05, 0) is 56.8 Å². The predicted molar refractivity (Wildman–Crippen MR) is 71.4 cm³/mol. The normalized spacial score (nSPS) is 34.6. The summed E-state index contributed by atoms with van der Waals surface area (Å²) >= 11 is 0. The number of rotatable bonds is 4. The highest BCUT2D eigenvalue weighted by atomic mass is 14.3. The van der Waals surface area contributed by atoms with E-state index in [1.165, 1.54) is 44.9 Å². The van der Waals surface area contributed by atoms with Gasteiger partial charge in [-0.15, -0.1) is 0 Å². The van der Waals surface area contributed by atoms with Gasteiger partial charge in [0.2, 0.25) is 0 Å². The molecule has 0 heterocycles. The van der Waals surface area contributed by atoms with Crippen molar-refractivity contribution in [3.8, 4) is 0 Å². The smallest absolute Gasteiger partial charge is 0.0191 e. The highest BCUT2D eigenvalue weighted by Crippen LogP contribution is 2.42. The molecule has 0 N–H and O–H groups in total. The fraction of sp³-hybridized carbons (Fsp3) is 0.750. The van der Waals surface area contributed by atoms with Gasteiger partial charge < -0.3 is 0 Å². The van der Waals surface area contributed by atoms with Crippen LogP contribution in [0.15, 0.2) is 22.8 Å². The Hall–Kier alpha value is -0.520. The molecule has 0 saturated heterocycles. The average Bonchev–Trinajstić information content (AvgIpc) is 2.84. The Bertz CT molecular complexity index is 306. The van der Waals surface area contributed by atoms with Crippen LogP contribution in [-0.4, -0.2) is 0 Å². The van der Waals surface area contributed by atoms with Crippen LogP contribution >= 0.6 is 0 Å². The number of hydrogen-bond acceptors (Lipinski definition) is 0. The molecule has 0 aromatic heterocycles. The first-order valence-electron chi connectivity index (χ1n) is 7.12. The van der Waals surface area contributed by atoms with Crippen molar-refractivity contribution in [2.75, 3.05) is 0 Å². The SMILES string of the molecule is CCC(CCC=C1CCCC1C)=C1CC1C. The second-order valence-electron chi connectivity index (χ2n) is 5.70. The molecule has 2 rings (SSSR count). The monoisotopic (exact) mass is 218 g/mol. The highest BCUT2D eigenvalue weighted by molar-refractivity contribution is 5.29. The lowest BCUT2D eigenvalue weighted by molar-refractivity contribution is 0.692. The Morgan fingerprint density at radius 3 is 2.56 bits per heavy atom. The summed E-state index contributed by atoms with van der Waals surface area (Å²) in [5.41, 5.74) is 5.28. The van der Waals surface area contributed by atoms with Gasteiger partial charge in [-0.3, -0.25) is 0 Å². The molecule has 0 aromatic rings. The van der Waals surface area contributed by atoms with Gasteiger partial charge in [0.15, 0.2) is 0 Å². The van der Waals surface area contributed by atoms with Gasteiger partial charge in [0.25, 0.3) is 0 Å². The molecule has 0 nitrogen and oxygen atoms in total. The van der Waals surface area contributed by atoms with Gasteiger partial charge in [0.05, 0.1) is 0 Å². The molecular formula is C16H26. The fourth-order valence-electron chi connectivity index (χ4n) is 3.11. The van der Waals surface area contributed by atoms with Gasteiger partial charge in [0, 0.05) is 0 Å². The molecule has 2 saturated carbocycles. The van der Waals surface area contributed by atoms with Gasteiger partial charge in [-0.25, -0.2) is 0 Å². The van der Waals surface area contributed by atoms with E-state index >= 15 is 0 Å². The molecule has 0 amide bonds. The molecule has 0 bridgehead atoms. The predicted octanol–water partition coefficient (Wildman–Crippen LogP) is 5.26. The molecule has 0 heteroatoms. The maximum Gasteiger partial charge on any atom is -0.0191 e. The largest absolute Gasteiger partial charge is 0.0847 e. The molecule has 0 aliphatic heterocycles. The van der Waals surface area contributed by atoms with Crippen LogP contribution in [0.3, 0.4) is 0 Å². The summed E-state index contributed by atoms with van der Waals surface area (Å²) in [5.74, 6) is 1.78. The molecule has 0 aromatic carbocycles. The number of hydrogen-bond donors (Lipinski definition) is 0. The third kappa shape index (κ3) is 2.78. The second-order valence-corrected chi connectivity index (χ2v) is 5.70. The minimum Gasteiger partial charge on any atom is -0.0847 e. The van der Waals surface area contributed by atoms with Gasteiger partial charge in [-0.1, -0.05) is 43.6 Å². The van der Waals surface area contributed by atoms with Crippen molar-refractivity contribution >= 4 is 0 Å². The molecule has 2 aliphatic rings. The van der Waals surface area contributed by atoms with Crippen molar-refractivity contribution < 1.29 is 0 Å². The first-order chi connectivity index (χ1) is 7.72.